The largest absolute Gasteiger partial charge is 0.497 e. The number of ether oxygens (including phenoxy) is 1. The van der Waals surface area contributed by atoms with E-state index < -0.39 is 20.6 Å². The molecule has 3 rings (SSSR count). The van der Waals surface area contributed by atoms with Crippen LogP contribution in [-0.4, -0.2) is 40.8 Å². The number of hydrogen-bond donors (Lipinski definition) is 2. The van der Waals surface area contributed by atoms with Gasteiger partial charge in [0.15, 0.2) is 0 Å². The van der Waals surface area contributed by atoms with Crippen LogP contribution in [0.4, 0.5) is 0 Å². The van der Waals surface area contributed by atoms with Crippen molar-refractivity contribution in [1.29, 1.82) is 0 Å². The van der Waals surface area contributed by atoms with Crippen molar-refractivity contribution in [2.75, 3.05) is 7.11 Å². The van der Waals surface area contributed by atoms with E-state index in [1.54, 1.807) is 23.2 Å². The first kappa shape index (κ1) is 24.8. The van der Waals surface area contributed by atoms with E-state index in [2.05, 4.69) is 15.3 Å². The fourth-order valence-electron chi connectivity index (χ4n) is 3.05. The lowest BCUT2D eigenvalue weighted by Gasteiger charge is -2.31. The number of sulfone groups is 1. The monoisotopic (exact) mass is 485 g/mol. The Morgan fingerprint density at radius 1 is 1.29 bits per heavy atom. The molecule has 0 aliphatic heterocycles. The smallest absolute Gasteiger partial charge is 0.254 e. The van der Waals surface area contributed by atoms with Gasteiger partial charge in [-0.3, -0.25) is 10.1 Å². The minimum absolute atomic E-state index is 0. The Morgan fingerprint density at radius 3 is 2.45 bits per heavy atom. The standard InChI is InChI=1S/C19H23N5O4S2.ClH/c1-13-23-15(11-29-13)9-22-19(18(20)25,8-14-10-24(2)12-21-14)30(26,27)17-6-4-16(28-3)5-7-17;/h4-7,10-12,22H,8-9H2,1-3H3,(H2,20,25);1H. The van der Waals surface area contributed by atoms with Crippen LogP contribution in [0.25, 0.3) is 0 Å². The van der Waals surface area contributed by atoms with E-state index in [1.807, 2.05) is 6.92 Å². The lowest BCUT2D eigenvalue weighted by atomic mass is 10.1. The summed E-state index contributed by atoms with van der Waals surface area (Å²) in [6.45, 7) is 1.90. The first-order valence-corrected chi connectivity index (χ1v) is 11.4. The topological polar surface area (TPSA) is 129 Å². The maximum Gasteiger partial charge on any atom is 0.254 e. The number of aromatic nitrogens is 3. The van der Waals surface area contributed by atoms with Gasteiger partial charge >= 0.3 is 0 Å². The summed E-state index contributed by atoms with van der Waals surface area (Å²) < 4.78 is 34.1. The van der Waals surface area contributed by atoms with Gasteiger partial charge in [-0.25, -0.2) is 18.4 Å². The van der Waals surface area contributed by atoms with Crippen molar-refractivity contribution < 1.29 is 17.9 Å². The molecule has 2 aromatic heterocycles. The van der Waals surface area contributed by atoms with Crippen LogP contribution >= 0.6 is 23.7 Å². The van der Waals surface area contributed by atoms with Crippen LogP contribution in [0, 0.1) is 6.92 Å². The number of halogens is 1. The molecule has 31 heavy (non-hydrogen) atoms. The van der Waals surface area contributed by atoms with Crippen molar-refractivity contribution in [3.63, 3.8) is 0 Å². The summed E-state index contributed by atoms with van der Waals surface area (Å²) in [4.78, 5) is 19.1. The van der Waals surface area contributed by atoms with E-state index in [0.29, 0.717) is 17.1 Å². The van der Waals surface area contributed by atoms with Crippen molar-refractivity contribution in [1.82, 2.24) is 19.9 Å². The number of methoxy groups -OCH3 is 1. The van der Waals surface area contributed by atoms with Gasteiger partial charge in [0.05, 0.1) is 34.7 Å². The van der Waals surface area contributed by atoms with Crippen molar-refractivity contribution in [2.45, 2.75) is 29.7 Å². The Labute approximate surface area is 191 Å². The van der Waals surface area contributed by atoms with Crippen molar-refractivity contribution in [2.24, 2.45) is 12.8 Å². The van der Waals surface area contributed by atoms with Gasteiger partial charge in [-0.05, 0) is 31.2 Å². The highest BCUT2D eigenvalue weighted by molar-refractivity contribution is 7.93. The first-order chi connectivity index (χ1) is 14.2. The molecule has 0 aliphatic carbocycles. The molecular weight excluding hydrogens is 462 g/mol. The number of hydrogen-bond acceptors (Lipinski definition) is 8. The maximum absolute atomic E-state index is 13.7. The summed E-state index contributed by atoms with van der Waals surface area (Å²) in [5.41, 5.74) is 6.75. The van der Waals surface area contributed by atoms with Crippen LogP contribution in [0.2, 0.25) is 0 Å². The fraction of sp³-hybridized carbons (Fsp3) is 0.316. The van der Waals surface area contributed by atoms with Crippen LogP contribution in [0.3, 0.4) is 0 Å². The minimum Gasteiger partial charge on any atom is -0.497 e. The predicted molar refractivity (Wildman–Crippen MR) is 120 cm³/mol. The molecule has 9 nitrogen and oxygen atoms in total. The second-order valence-corrected chi connectivity index (χ2v) is 10.0. The molecule has 2 heterocycles. The Bertz CT molecular complexity index is 1140. The van der Waals surface area contributed by atoms with Crippen LogP contribution in [-0.2, 0) is 34.6 Å². The molecule has 1 unspecified atom stereocenters. The molecule has 0 fully saturated rings. The van der Waals surface area contributed by atoms with Gasteiger partial charge in [-0.15, -0.1) is 23.7 Å². The fourth-order valence-corrected chi connectivity index (χ4v) is 5.43. The van der Waals surface area contributed by atoms with E-state index in [0.717, 1.165) is 5.01 Å². The van der Waals surface area contributed by atoms with E-state index in [4.69, 9.17) is 10.5 Å². The number of amides is 1. The number of rotatable bonds is 9. The predicted octanol–water partition coefficient (Wildman–Crippen LogP) is 1.60. The SMILES string of the molecule is COc1ccc(S(=O)(=O)C(Cc2cn(C)cn2)(NCc2csc(C)n2)C(N)=O)cc1.Cl. The second-order valence-electron chi connectivity index (χ2n) is 6.79. The number of nitrogens with two attached hydrogens (primary N) is 1. The molecule has 3 N–H and O–H groups in total. The molecule has 0 spiro atoms. The summed E-state index contributed by atoms with van der Waals surface area (Å²) in [5, 5.41) is 5.52. The molecule has 12 heteroatoms. The number of carbonyl (C=O) groups is 1. The van der Waals surface area contributed by atoms with Gasteiger partial charge in [0.1, 0.15) is 5.75 Å². The average Bonchev–Trinajstić information content (AvgIpc) is 3.32. The molecule has 0 radical (unpaired) electrons. The Kier molecular flexibility index (Phi) is 7.82. The number of primary amides is 1. The summed E-state index contributed by atoms with van der Waals surface area (Å²) in [6.07, 6.45) is 2.95. The Morgan fingerprint density at radius 2 is 1.97 bits per heavy atom. The molecular formula is C19H24ClN5O4S2. The zero-order valence-electron chi connectivity index (χ0n) is 17.2. The number of imidazole rings is 1. The molecule has 1 amide bonds. The van der Waals surface area contributed by atoms with E-state index >= 15 is 0 Å². The van der Waals surface area contributed by atoms with Crippen molar-refractivity contribution in [3.05, 3.63) is 58.6 Å². The Hall–Kier alpha value is -2.47. The molecule has 0 saturated heterocycles. The van der Waals surface area contributed by atoms with E-state index in [9.17, 15) is 13.2 Å². The number of carbonyl (C=O) groups excluding carboxylic acids is 1. The van der Waals surface area contributed by atoms with Gasteiger partial charge in [0.25, 0.3) is 5.91 Å². The highest BCUT2D eigenvalue weighted by Gasteiger charge is 2.50. The van der Waals surface area contributed by atoms with Crippen molar-refractivity contribution >= 4 is 39.5 Å². The summed E-state index contributed by atoms with van der Waals surface area (Å²) in [7, 11) is -1.02. The molecule has 1 atom stereocenters. The quantitative estimate of drug-likeness (QED) is 0.471. The van der Waals surface area contributed by atoms with Gasteiger partial charge in [0, 0.05) is 31.6 Å². The third kappa shape index (κ3) is 5.06. The number of thiazole rings is 1. The molecule has 0 aliphatic rings. The number of benzene rings is 1. The van der Waals surface area contributed by atoms with Crippen LogP contribution in [0.1, 0.15) is 16.4 Å². The van der Waals surface area contributed by atoms with Crippen LogP contribution in [0.5, 0.6) is 5.75 Å². The molecule has 1 aromatic carbocycles. The summed E-state index contributed by atoms with van der Waals surface area (Å²) >= 11 is 1.43. The van der Waals surface area contributed by atoms with Crippen molar-refractivity contribution in [3.8, 4) is 5.75 Å². The molecule has 0 bridgehead atoms. The first-order valence-electron chi connectivity index (χ1n) is 8.99. The van der Waals surface area contributed by atoms with Crippen LogP contribution in [0.15, 0.2) is 47.1 Å². The lowest BCUT2D eigenvalue weighted by Crippen LogP contribution is -2.62. The number of nitrogens with one attached hydrogen (secondary N) is 1. The average molecular weight is 486 g/mol. The van der Waals surface area contributed by atoms with E-state index in [1.165, 1.54) is 49.0 Å². The van der Waals surface area contributed by atoms with Gasteiger partial charge < -0.3 is 15.0 Å². The maximum atomic E-state index is 13.7. The molecule has 0 saturated carbocycles. The molecule has 168 valence electrons. The number of aryl methyl sites for hydroxylation is 2. The molecule has 3 aromatic rings. The lowest BCUT2D eigenvalue weighted by molar-refractivity contribution is -0.121. The third-order valence-corrected chi connectivity index (χ3v) is 7.76. The highest BCUT2D eigenvalue weighted by Crippen LogP contribution is 2.29. The number of nitrogens with zero attached hydrogens (tertiary/aromatic N) is 3. The zero-order chi connectivity index (χ0) is 21.9. The van der Waals surface area contributed by atoms with E-state index in [-0.39, 0.29) is 30.3 Å². The second kappa shape index (κ2) is 9.77. The van der Waals surface area contributed by atoms with Crippen LogP contribution < -0.4 is 15.8 Å². The normalized spacial score (nSPS) is 13.3. The highest BCUT2D eigenvalue weighted by atomic mass is 35.5. The van der Waals surface area contributed by atoms with Gasteiger partial charge in [-0.2, -0.15) is 0 Å². The minimum atomic E-state index is -4.25. The summed E-state index contributed by atoms with van der Waals surface area (Å²) in [5.74, 6) is -0.523. The van der Waals surface area contributed by atoms with Gasteiger partial charge in [-0.1, -0.05) is 0 Å². The third-order valence-electron chi connectivity index (χ3n) is 4.64. The summed E-state index contributed by atoms with van der Waals surface area (Å²) in [6, 6.07) is 5.81. The van der Waals surface area contributed by atoms with Gasteiger partial charge in [0.2, 0.25) is 14.7 Å². The Balaban J connectivity index is 0.00000341. The zero-order valence-corrected chi connectivity index (χ0v) is 19.7.